The molecule has 0 saturated heterocycles. The highest BCUT2D eigenvalue weighted by Crippen LogP contribution is 2.19. The molecule has 0 radical (unpaired) electrons. The summed E-state index contributed by atoms with van der Waals surface area (Å²) < 4.78 is 5.22. The van der Waals surface area contributed by atoms with Crippen molar-refractivity contribution < 1.29 is 9.21 Å². The third-order valence-electron chi connectivity index (χ3n) is 3.18. The van der Waals surface area contributed by atoms with E-state index in [0.717, 1.165) is 16.4 Å². The maximum absolute atomic E-state index is 12.1. The van der Waals surface area contributed by atoms with Crippen LogP contribution >= 0.6 is 0 Å². The predicted octanol–water partition coefficient (Wildman–Crippen LogP) is 2.89. The largest absolute Gasteiger partial charge is 0.463 e. The summed E-state index contributed by atoms with van der Waals surface area (Å²) in [6.45, 7) is 0. The van der Waals surface area contributed by atoms with E-state index in [1.165, 1.54) is 0 Å². The Balaban J connectivity index is 1.63. The summed E-state index contributed by atoms with van der Waals surface area (Å²) in [5.41, 5.74) is 3.52. The smallest absolute Gasteiger partial charge is 0.272 e. The highest BCUT2D eigenvalue weighted by atomic mass is 16.3. The minimum absolute atomic E-state index is 0.213. The molecule has 4 aromatic rings. The number of anilines is 1. The Morgan fingerprint density at radius 2 is 2.15 bits per heavy atom. The van der Waals surface area contributed by atoms with Crippen LogP contribution in [-0.4, -0.2) is 21.1 Å². The highest BCUT2D eigenvalue weighted by Gasteiger charge is 2.11. The van der Waals surface area contributed by atoms with Gasteiger partial charge in [0.05, 0.1) is 23.5 Å². The van der Waals surface area contributed by atoms with Crippen LogP contribution in [0.15, 0.2) is 47.2 Å². The molecule has 0 aliphatic carbocycles. The Hall–Kier alpha value is -3.02. The van der Waals surface area contributed by atoms with E-state index < -0.39 is 0 Å². The summed E-state index contributed by atoms with van der Waals surface area (Å²) in [5.74, 6) is -0.213. The monoisotopic (exact) mass is 266 g/mol. The zero-order valence-electron chi connectivity index (χ0n) is 10.3. The van der Waals surface area contributed by atoms with Crippen molar-refractivity contribution in [3.05, 3.63) is 48.5 Å². The van der Waals surface area contributed by atoms with Crippen molar-refractivity contribution >= 4 is 33.6 Å². The van der Waals surface area contributed by atoms with E-state index in [1.807, 2.05) is 18.2 Å². The molecule has 0 aliphatic heterocycles. The molecule has 3 aromatic heterocycles. The molecule has 1 amide bonds. The quantitative estimate of drug-likeness (QED) is 0.521. The fourth-order valence-electron chi connectivity index (χ4n) is 2.18. The first-order chi connectivity index (χ1) is 9.79. The van der Waals surface area contributed by atoms with Gasteiger partial charge in [0.2, 0.25) is 0 Å². The van der Waals surface area contributed by atoms with Crippen LogP contribution in [0.1, 0.15) is 10.5 Å². The van der Waals surface area contributed by atoms with Gasteiger partial charge in [-0.3, -0.25) is 9.89 Å². The number of nitrogens with zero attached hydrogens (tertiary/aromatic N) is 1. The van der Waals surface area contributed by atoms with Crippen LogP contribution < -0.4 is 5.32 Å². The minimum Gasteiger partial charge on any atom is -0.463 e. The van der Waals surface area contributed by atoms with E-state index >= 15 is 0 Å². The number of hydrogen-bond donors (Lipinski definition) is 3. The molecule has 6 heteroatoms. The summed E-state index contributed by atoms with van der Waals surface area (Å²) in [6.07, 6.45) is 3.31. The molecular formula is C14H10N4O2. The van der Waals surface area contributed by atoms with Crippen LogP contribution in [0.3, 0.4) is 0 Å². The van der Waals surface area contributed by atoms with Gasteiger partial charge in [-0.1, -0.05) is 0 Å². The molecule has 20 heavy (non-hydrogen) atoms. The van der Waals surface area contributed by atoms with Crippen molar-refractivity contribution in [1.82, 2.24) is 15.2 Å². The Bertz CT molecular complexity index is 887. The first-order valence-corrected chi connectivity index (χ1v) is 6.10. The number of fused-ring (bicyclic) bond motifs is 2. The number of aromatic amines is 2. The normalized spacial score (nSPS) is 11.2. The van der Waals surface area contributed by atoms with Crippen LogP contribution in [0, 0.1) is 0 Å². The van der Waals surface area contributed by atoms with Crippen LogP contribution in [-0.2, 0) is 0 Å². The summed E-state index contributed by atoms with van der Waals surface area (Å²) in [4.78, 5) is 15.1. The van der Waals surface area contributed by atoms with E-state index in [0.29, 0.717) is 17.0 Å². The zero-order valence-corrected chi connectivity index (χ0v) is 10.3. The lowest BCUT2D eigenvalue weighted by Gasteiger charge is -2.03. The number of benzene rings is 1. The van der Waals surface area contributed by atoms with Gasteiger partial charge in [-0.2, -0.15) is 5.10 Å². The third-order valence-corrected chi connectivity index (χ3v) is 3.18. The second-order valence-electron chi connectivity index (χ2n) is 4.51. The number of carbonyl (C=O) groups excluding carboxylic acids is 1. The fourth-order valence-corrected chi connectivity index (χ4v) is 2.18. The maximum Gasteiger partial charge on any atom is 0.272 e. The Labute approximate surface area is 112 Å². The molecule has 0 aliphatic rings. The van der Waals surface area contributed by atoms with E-state index in [-0.39, 0.29) is 5.91 Å². The predicted molar refractivity (Wildman–Crippen MR) is 74.6 cm³/mol. The van der Waals surface area contributed by atoms with Gasteiger partial charge >= 0.3 is 0 Å². The van der Waals surface area contributed by atoms with Crippen molar-refractivity contribution in [2.45, 2.75) is 0 Å². The molecule has 3 N–H and O–H groups in total. The fraction of sp³-hybridized carbons (Fsp3) is 0. The van der Waals surface area contributed by atoms with Crippen molar-refractivity contribution in [2.24, 2.45) is 0 Å². The number of furan rings is 1. The van der Waals surface area contributed by atoms with Crippen molar-refractivity contribution in [3.8, 4) is 0 Å². The van der Waals surface area contributed by atoms with Gasteiger partial charge in [-0.05, 0) is 18.2 Å². The SMILES string of the molecule is O=C(Nc1ccc2cn[nH]c2c1)c1cc2occc2[nH]1. The second kappa shape index (κ2) is 3.99. The highest BCUT2D eigenvalue weighted by molar-refractivity contribution is 6.06. The van der Waals surface area contributed by atoms with Crippen molar-refractivity contribution in [3.63, 3.8) is 0 Å². The molecule has 4 rings (SSSR count). The van der Waals surface area contributed by atoms with Crippen LogP contribution in [0.4, 0.5) is 5.69 Å². The maximum atomic E-state index is 12.1. The minimum atomic E-state index is -0.213. The van der Waals surface area contributed by atoms with E-state index in [2.05, 4.69) is 20.5 Å². The van der Waals surface area contributed by atoms with Gasteiger partial charge in [-0.25, -0.2) is 0 Å². The van der Waals surface area contributed by atoms with Crippen molar-refractivity contribution in [1.29, 1.82) is 0 Å². The zero-order chi connectivity index (χ0) is 13.5. The average molecular weight is 266 g/mol. The molecular weight excluding hydrogens is 256 g/mol. The van der Waals surface area contributed by atoms with E-state index in [4.69, 9.17) is 4.42 Å². The van der Waals surface area contributed by atoms with Crippen LogP contribution in [0.2, 0.25) is 0 Å². The lowest BCUT2D eigenvalue weighted by atomic mass is 10.2. The molecule has 0 atom stereocenters. The van der Waals surface area contributed by atoms with E-state index in [1.54, 1.807) is 24.6 Å². The Kier molecular flexibility index (Phi) is 2.17. The Morgan fingerprint density at radius 1 is 1.20 bits per heavy atom. The summed E-state index contributed by atoms with van der Waals surface area (Å²) in [5, 5.41) is 10.6. The molecule has 1 aromatic carbocycles. The number of carbonyl (C=O) groups is 1. The van der Waals surface area contributed by atoms with Gasteiger partial charge < -0.3 is 14.7 Å². The van der Waals surface area contributed by atoms with Gasteiger partial charge in [0, 0.05) is 23.2 Å². The van der Waals surface area contributed by atoms with Gasteiger partial charge in [0.1, 0.15) is 5.69 Å². The second-order valence-corrected chi connectivity index (χ2v) is 4.51. The number of H-pyrrole nitrogens is 2. The molecule has 0 fully saturated rings. The topological polar surface area (TPSA) is 86.7 Å². The first kappa shape index (κ1) is 10.9. The third kappa shape index (κ3) is 1.66. The van der Waals surface area contributed by atoms with Gasteiger partial charge in [-0.15, -0.1) is 0 Å². The lowest BCUT2D eigenvalue weighted by molar-refractivity contribution is 0.102. The number of aromatic nitrogens is 3. The average Bonchev–Trinajstić information content (AvgIpc) is 3.12. The number of hydrogen-bond acceptors (Lipinski definition) is 3. The Morgan fingerprint density at radius 3 is 3.05 bits per heavy atom. The number of nitrogens with one attached hydrogen (secondary N) is 3. The lowest BCUT2D eigenvalue weighted by Crippen LogP contribution is -2.12. The van der Waals surface area contributed by atoms with Gasteiger partial charge in [0.15, 0.2) is 5.58 Å². The van der Waals surface area contributed by atoms with E-state index in [9.17, 15) is 4.79 Å². The number of rotatable bonds is 2. The summed E-state index contributed by atoms with van der Waals surface area (Å²) >= 11 is 0. The van der Waals surface area contributed by atoms with Gasteiger partial charge in [0.25, 0.3) is 5.91 Å². The first-order valence-electron chi connectivity index (χ1n) is 6.10. The summed E-state index contributed by atoms with van der Waals surface area (Å²) in [7, 11) is 0. The molecule has 0 spiro atoms. The number of amides is 1. The van der Waals surface area contributed by atoms with Crippen molar-refractivity contribution in [2.75, 3.05) is 5.32 Å². The standard InChI is InChI=1S/C14H10N4O2/c19-14(12-6-13-10(17-12)3-4-20-13)16-9-2-1-8-7-15-18-11(8)5-9/h1-7,17H,(H,15,18)(H,16,19). The van der Waals surface area contributed by atoms with Crippen LogP contribution in [0.25, 0.3) is 22.0 Å². The molecule has 0 bridgehead atoms. The van der Waals surface area contributed by atoms with Crippen LogP contribution in [0.5, 0.6) is 0 Å². The molecule has 98 valence electrons. The molecule has 6 nitrogen and oxygen atoms in total. The molecule has 0 saturated carbocycles. The molecule has 0 unspecified atom stereocenters. The summed E-state index contributed by atoms with van der Waals surface area (Å²) in [6, 6.07) is 9.03. The molecule has 3 heterocycles.